The second kappa shape index (κ2) is 7.98. The Morgan fingerprint density at radius 2 is 1.90 bits per heavy atom. The van der Waals surface area contributed by atoms with Gasteiger partial charge >= 0.3 is 0 Å². The normalized spacial score (nSPS) is 20.2. The lowest BCUT2D eigenvalue weighted by molar-refractivity contribution is -0.0632. The van der Waals surface area contributed by atoms with Crippen molar-refractivity contribution in [3.05, 3.63) is 53.2 Å². The third-order valence-corrected chi connectivity index (χ3v) is 6.64. The Morgan fingerprint density at radius 1 is 1.27 bits per heavy atom. The smallest absolute Gasteiger partial charge is 0.254 e. The van der Waals surface area contributed by atoms with Crippen LogP contribution in [-0.4, -0.2) is 55.1 Å². The van der Waals surface area contributed by atoms with Gasteiger partial charge in [0, 0.05) is 25.9 Å². The number of fused-ring (bicyclic) bond motifs is 1. The van der Waals surface area contributed by atoms with Crippen LogP contribution in [0, 0.1) is 0 Å². The number of hydrogen-bond acceptors (Lipinski definition) is 6. The lowest BCUT2D eigenvalue weighted by Crippen LogP contribution is -2.53. The maximum Gasteiger partial charge on any atom is 0.254 e. The molecule has 2 atom stereocenters. The first-order valence-corrected chi connectivity index (χ1v) is 11.1. The highest BCUT2D eigenvalue weighted by Crippen LogP contribution is 2.39. The van der Waals surface area contributed by atoms with Crippen molar-refractivity contribution in [1.29, 1.82) is 0 Å². The molecule has 9 heteroatoms. The summed E-state index contributed by atoms with van der Waals surface area (Å²) in [5.41, 5.74) is 0.503. The Morgan fingerprint density at radius 3 is 2.47 bits per heavy atom. The number of hydrogen-bond donors (Lipinski definition) is 2. The van der Waals surface area contributed by atoms with Crippen molar-refractivity contribution in [2.24, 2.45) is 0 Å². The number of aryl methyl sites for hydroxylation is 1. The van der Waals surface area contributed by atoms with E-state index in [9.17, 15) is 18.3 Å². The molecule has 0 aliphatic carbocycles. The number of carbonyl (C=O) groups excluding carboxylic acids is 1. The van der Waals surface area contributed by atoms with Crippen LogP contribution in [0.15, 0.2) is 41.4 Å². The van der Waals surface area contributed by atoms with Crippen molar-refractivity contribution in [2.45, 2.75) is 49.8 Å². The third kappa shape index (κ3) is 4.19. The van der Waals surface area contributed by atoms with E-state index in [0.717, 1.165) is 12.0 Å². The first kappa shape index (κ1) is 22.2. The van der Waals surface area contributed by atoms with Gasteiger partial charge in [0.05, 0.1) is 16.5 Å². The molecule has 0 fully saturated rings. The number of benzene rings is 1. The highest BCUT2D eigenvalue weighted by Gasteiger charge is 2.45. The topological polar surface area (TPSA) is 109 Å². The molecule has 1 aromatic carbocycles. The number of aliphatic hydroxyl groups excluding tert-OH is 1. The van der Waals surface area contributed by atoms with Crippen LogP contribution >= 0.6 is 0 Å². The van der Waals surface area contributed by atoms with Gasteiger partial charge in [-0.15, -0.1) is 0 Å². The predicted molar refractivity (Wildman–Crippen MR) is 112 cm³/mol. The molecule has 1 aliphatic rings. The van der Waals surface area contributed by atoms with E-state index in [1.807, 2.05) is 6.92 Å². The second-order valence-corrected chi connectivity index (χ2v) is 9.78. The zero-order valence-corrected chi connectivity index (χ0v) is 18.5. The SMILES string of the molecule is CCc1ccc(S(=O)(=O)N[C@@H]2c3cc(C(=O)N(C)C)cnc3OC(C)(C)[C@H]2O)cc1. The van der Waals surface area contributed by atoms with Crippen LogP contribution in [0.3, 0.4) is 0 Å². The number of nitrogens with zero attached hydrogens (tertiary/aromatic N) is 2. The molecule has 1 amide bonds. The summed E-state index contributed by atoms with van der Waals surface area (Å²) in [5.74, 6) is -0.115. The summed E-state index contributed by atoms with van der Waals surface area (Å²) in [7, 11) is -0.734. The van der Waals surface area contributed by atoms with Crippen LogP contribution in [0.5, 0.6) is 5.88 Å². The monoisotopic (exact) mass is 433 g/mol. The quantitative estimate of drug-likeness (QED) is 0.746. The number of aliphatic hydroxyl groups is 1. The summed E-state index contributed by atoms with van der Waals surface area (Å²) in [6.07, 6.45) is 0.966. The Kier molecular flexibility index (Phi) is 5.90. The summed E-state index contributed by atoms with van der Waals surface area (Å²) >= 11 is 0. The van der Waals surface area contributed by atoms with Gasteiger partial charge in [-0.1, -0.05) is 19.1 Å². The van der Waals surface area contributed by atoms with Crippen molar-refractivity contribution < 1.29 is 23.1 Å². The number of nitrogens with one attached hydrogen (secondary N) is 1. The van der Waals surface area contributed by atoms with E-state index in [0.29, 0.717) is 5.56 Å². The fourth-order valence-electron chi connectivity index (χ4n) is 3.30. The van der Waals surface area contributed by atoms with Crippen LogP contribution < -0.4 is 9.46 Å². The fraction of sp³-hybridized carbons (Fsp3) is 0.429. The number of rotatable bonds is 5. The maximum atomic E-state index is 13.0. The number of aromatic nitrogens is 1. The van der Waals surface area contributed by atoms with Gasteiger partial charge in [0.1, 0.15) is 11.7 Å². The Balaban J connectivity index is 2.04. The first-order valence-electron chi connectivity index (χ1n) is 9.66. The molecule has 8 nitrogen and oxygen atoms in total. The van der Waals surface area contributed by atoms with Crippen LogP contribution in [0.1, 0.15) is 48.3 Å². The van der Waals surface area contributed by atoms with E-state index >= 15 is 0 Å². The van der Waals surface area contributed by atoms with Gasteiger partial charge in [-0.3, -0.25) is 4.79 Å². The molecule has 3 rings (SSSR count). The molecule has 0 unspecified atom stereocenters. The molecule has 0 spiro atoms. The second-order valence-electron chi connectivity index (χ2n) is 8.06. The minimum Gasteiger partial charge on any atom is -0.469 e. The zero-order valence-electron chi connectivity index (χ0n) is 17.7. The first-order chi connectivity index (χ1) is 14.0. The van der Waals surface area contributed by atoms with Gasteiger partial charge in [0.25, 0.3) is 5.91 Å². The van der Waals surface area contributed by atoms with E-state index in [-0.39, 0.29) is 22.2 Å². The molecule has 0 saturated heterocycles. The maximum absolute atomic E-state index is 13.0. The van der Waals surface area contributed by atoms with Crippen LogP contribution in [-0.2, 0) is 16.4 Å². The van der Waals surface area contributed by atoms with Crippen molar-refractivity contribution in [3.8, 4) is 5.88 Å². The van der Waals surface area contributed by atoms with Crippen molar-refractivity contribution in [2.75, 3.05) is 14.1 Å². The average molecular weight is 434 g/mol. The highest BCUT2D eigenvalue weighted by atomic mass is 32.2. The lowest BCUT2D eigenvalue weighted by atomic mass is 9.88. The minimum absolute atomic E-state index is 0.0891. The molecule has 2 heterocycles. The lowest BCUT2D eigenvalue weighted by Gasteiger charge is -2.41. The van der Waals surface area contributed by atoms with Gasteiger partial charge in [-0.25, -0.2) is 18.1 Å². The largest absolute Gasteiger partial charge is 0.469 e. The molecule has 2 N–H and O–H groups in total. The summed E-state index contributed by atoms with van der Waals surface area (Å²) in [5, 5.41) is 10.9. The third-order valence-electron chi connectivity index (χ3n) is 5.18. The Bertz CT molecular complexity index is 1050. The van der Waals surface area contributed by atoms with Gasteiger partial charge in [-0.2, -0.15) is 0 Å². The molecule has 0 bridgehead atoms. The van der Waals surface area contributed by atoms with E-state index in [4.69, 9.17) is 4.74 Å². The van der Waals surface area contributed by atoms with E-state index < -0.39 is 27.8 Å². The number of carbonyl (C=O) groups is 1. The van der Waals surface area contributed by atoms with Gasteiger partial charge < -0.3 is 14.7 Å². The van der Waals surface area contributed by atoms with Crippen LogP contribution in [0.25, 0.3) is 0 Å². The standard InChI is InChI=1S/C21H27N3O5S/c1-6-13-7-9-15(10-8-13)30(27,28)23-17-16-11-14(20(26)24(4)5)12-22-19(16)29-21(2,3)18(17)25/h7-12,17-18,23,25H,6H2,1-5H3/t17-,18+/m1/s1. The number of ether oxygens (including phenoxy) is 1. The average Bonchev–Trinajstić information content (AvgIpc) is 2.70. The molecule has 2 aromatic rings. The fourth-order valence-corrected chi connectivity index (χ4v) is 4.52. The molecule has 1 aromatic heterocycles. The molecule has 30 heavy (non-hydrogen) atoms. The van der Waals surface area contributed by atoms with Crippen molar-refractivity contribution >= 4 is 15.9 Å². The highest BCUT2D eigenvalue weighted by molar-refractivity contribution is 7.89. The molecular weight excluding hydrogens is 406 g/mol. The minimum atomic E-state index is -3.95. The van der Waals surface area contributed by atoms with Gasteiger partial charge in [0.15, 0.2) is 0 Å². The predicted octanol–water partition coefficient (Wildman–Crippen LogP) is 1.90. The van der Waals surface area contributed by atoms with E-state index in [1.165, 1.54) is 29.3 Å². The van der Waals surface area contributed by atoms with E-state index in [2.05, 4.69) is 9.71 Å². The molecule has 1 aliphatic heterocycles. The number of amides is 1. The summed E-state index contributed by atoms with van der Waals surface area (Å²) in [6.45, 7) is 5.29. The summed E-state index contributed by atoms with van der Waals surface area (Å²) in [6, 6.07) is 7.04. The number of sulfonamides is 1. The summed E-state index contributed by atoms with van der Waals surface area (Å²) < 4.78 is 34.4. The summed E-state index contributed by atoms with van der Waals surface area (Å²) in [4.78, 5) is 18.0. The van der Waals surface area contributed by atoms with Gasteiger partial charge in [0.2, 0.25) is 15.9 Å². The molecule has 0 radical (unpaired) electrons. The Labute approximate surface area is 176 Å². The van der Waals surface area contributed by atoms with Crippen molar-refractivity contribution in [1.82, 2.24) is 14.6 Å². The molecule has 0 saturated carbocycles. The number of pyridine rings is 1. The molecule has 162 valence electrons. The Hall–Kier alpha value is -2.49. The van der Waals surface area contributed by atoms with Crippen molar-refractivity contribution in [3.63, 3.8) is 0 Å². The van der Waals surface area contributed by atoms with Gasteiger partial charge in [-0.05, 0) is 44.0 Å². The van der Waals surface area contributed by atoms with Crippen LogP contribution in [0.4, 0.5) is 0 Å². The van der Waals surface area contributed by atoms with Crippen LogP contribution in [0.2, 0.25) is 0 Å². The van der Waals surface area contributed by atoms with E-state index in [1.54, 1.807) is 40.1 Å². The zero-order chi connectivity index (χ0) is 22.3. The molecular formula is C21H27N3O5S.